The molecule has 2 rings (SSSR count). The van der Waals surface area contributed by atoms with E-state index in [-0.39, 0.29) is 23.0 Å². The summed E-state index contributed by atoms with van der Waals surface area (Å²) in [6.45, 7) is 8.36. The Kier molecular flexibility index (Phi) is 3.24. The highest BCUT2D eigenvalue weighted by atomic mass is 35.5. The van der Waals surface area contributed by atoms with E-state index in [1.54, 1.807) is 12.1 Å². The Labute approximate surface area is 113 Å². The minimum absolute atomic E-state index is 0.101. The molecule has 3 nitrogen and oxygen atoms in total. The second-order valence-corrected chi connectivity index (χ2v) is 6.44. The average molecular weight is 270 g/mol. The fourth-order valence-corrected chi connectivity index (χ4v) is 2.77. The Bertz CT molecular complexity index is 457. The Balaban J connectivity index is 2.16. The lowest BCUT2D eigenvalue weighted by Gasteiger charge is -2.28. The largest absolute Gasteiger partial charge is 0.506 e. The van der Waals surface area contributed by atoms with Crippen molar-refractivity contribution in [3.8, 4) is 5.75 Å². The number of ether oxygens (including phenoxy) is 1. The number of anilines is 1. The van der Waals surface area contributed by atoms with Crippen LogP contribution >= 0.6 is 11.6 Å². The molecule has 1 unspecified atom stereocenters. The molecule has 1 saturated heterocycles. The van der Waals surface area contributed by atoms with Gasteiger partial charge in [0.15, 0.2) is 0 Å². The fraction of sp³-hybridized carbons (Fsp3) is 0.571. The number of hydrogen-bond donors (Lipinski definition) is 2. The van der Waals surface area contributed by atoms with Gasteiger partial charge in [0.2, 0.25) is 0 Å². The molecule has 0 aromatic heterocycles. The average Bonchev–Trinajstić information content (AvgIpc) is 2.40. The van der Waals surface area contributed by atoms with Gasteiger partial charge in [-0.15, -0.1) is 0 Å². The Morgan fingerprint density at radius 2 is 2.00 bits per heavy atom. The molecule has 0 amide bonds. The molecule has 1 aliphatic heterocycles. The molecule has 1 aliphatic rings. The van der Waals surface area contributed by atoms with Crippen LogP contribution in [0.25, 0.3) is 0 Å². The molecule has 18 heavy (non-hydrogen) atoms. The van der Waals surface area contributed by atoms with Crippen molar-refractivity contribution < 1.29 is 9.84 Å². The van der Waals surface area contributed by atoms with Gasteiger partial charge in [0.1, 0.15) is 5.75 Å². The van der Waals surface area contributed by atoms with E-state index in [9.17, 15) is 5.11 Å². The first-order valence-corrected chi connectivity index (χ1v) is 6.53. The minimum Gasteiger partial charge on any atom is -0.506 e. The summed E-state index contributed by atoms with van der Waals surface area (Å²) in [5, 5.41) is 13.2. The highest BCUT2D eigenvalue weighted by molar-refractivity contribution is 6.32. The molecule has 1 aromatic rings. The maximum atomic E-state index is 9.41. The van der Waals surface area contributed by atoms with E-state index in [1.807, 2.05) is 6.07 Å². The molecule has 1 fully saturated rings. The van der Waals surface area contributed by atoms with E-state index < -0.39 is 0 Å². The molecule has 4 heteroatoms. The zero-order valence-electron chi connectivity index (χ0n) is 11.2. The molecule has 2 N–H and O–H groups in total. The van der Waals surface area contributed by atoms with Crippen LogP contribution in [0.3, 0.4) is 0 Å². The molecule has 0 aliphatic carbocycles. The summed E-state index contributed by atoms with van der Waals surface area (Å²) >= 11 is 5.91. The van der Waals surface area contributed by atoms with Gasteiger partial charge in [0.05, 0.1) is 22.3 Å². The maximum Gasteiger partial charge on any atom is 0.134 e. The third-order valence-electron chi connectivity index (χ3n) is 3.36. The predicted octanol–water partition coefficient (Wildman–Crippen LogP) is 3.80. The summed E-state index contributed by atoms with van der Waals surface area (Å²) in [7, 11) is 0. The third kappa shape index (κ3) is 2.73. The first kappa shape index (κ1) is 13.5. The van der Waals surface area contributed by atoms with Crippen LogP contribution in [0.5, 0.6) is 5.75 Å². The van der Waals surface area contributed by atoms with Gasteiger partial charge in [-0.1, -0.05) is 11.6 Å². The van der Waals surface area contributed by atoms with Crippen LogP contribution in [0.4, 0.5) is 5.69 Å². The highest BCUT2D eigenvalue weighted by Gasteiger charge is 2.45. The molecular formula is C14H20ClNO2. The van der Waals surface area contributed by atoms with E-state index in [2.05, 4.69) is 33.0 Å². The van der Waals surface area contributed by atoms with Gasteiger partial charge in [0.25, 0.3) is 0 Å². The van der Waals surface area contributed by atoms with Crippen LogP contribution in [0.2, 0.25) is 5.02 Å². The van der Waals surface area contributed by atoms with Crippen LogP contribution in [0.1, 0.15) is 34.1 Å². The number of benzene rings is 1. The second-order valence-electron chi connectivity index (χ2n) is 6.03. The molecule has 1 aromatic carbocycles. The van der Waals surface area contributed by atoms with Crippen molar-refractivity contribution in [2.24, 2.45) is 0 Å². The summed E-state index contributed by atoms with van der Waals surface area (Å²) < 4.78 is 6.03. The molecule has 100 valence electrons. The minimum atomic E-state index is -0.228. The van der Waals surface area contributed by atoms with Gasteiger partial charge in [-0.25, -0.2) is 0 Å². The number of phenols is 1. The van der Waals surface area contributed by atoms with Gasteiger partial charge in [-0.3, -0.25) is 0 Å². The number of nitrogens with one attached hydrogen (secondary N) is 1. The van der Waals surface area contributed by atoms with Gasteiger partial charge in [-0.05, 0) is 52.3 Å². The normalized spacial score (nSPS) is 25.1. The van der Waals surface area contributed by atoms with Gasteiger partial charge >= 0.3 is 0 Å². The summed E-state index contributed by atoms with van der Waals surface area (Å²) in [5.41, 5.74) is 0.549. The summed E-state index contributed by atoms with van der Waals surface area (Å²) in [6.07, 6.45) is 0.929. The van der Waals surface area contributed by atoms with Crippen molar-refractivity contribution in [3.05, 3.63) is 23.2 Å². The van der Waals surface area contributed by atoms with Gasteiger partial charge in [-0.2, -0.15) is 0 Å². The number of phenolic OH excluding ortho intramolecular Hbond substituents is 1. The molecule has 0 bridgehead atoms. The van der Waals surface area contributed by atoms with Crippen LogP contribution in [0, 0.1) is 0 Å². The first-order valence-electron chi connectivity index (χ1n) is 6.15. The van der Waals surface area contributed by atoms with Crippen LogP contribution in [-0.2, 0) is 4.74 Å². The van der Waals surface area contributed by atoms with E-state index in [1.165, 1.54) is 0 Å². The zero-order valence-corrected chi connectivity index (χ0v) is 12.0. The standard InChI is InChI=1S/C14H20ClNO2/c1-13(2)8-12(14(3,4)18-13)16-9-5-6-11(17)10(15)7-9/h5-7,12,16-17H,8H2,1-4H3. The van der Waals surface area contributed by atoms with E-state index >= 15 is 0 Å². The van der Waals surface area contributed by atoms with Crippen molar-refractivity contribution >= 4 is 17.3 Å². The quantitative estimate of drug-likeness (QED) is 0.803. The van der Waals surface area contributed by atoms with Crippen LogP contribution in [0.15, 0.2) is 18.2 Å². The Morgan fingerprint density at radius 3 is 2.50 bits per heavy atom. The molecule has 1 atom stereocenters. The molecule has 0 spiro atoms. The zero-order chi connectivity index (χ0) is 13.6. The molecule has 0 saturated carbocycles. The van der Waals surface area contributed by atoms with Crippen LogP contribution in [-0.4, -0.2) is 22.4 Å². The smallest absolute Gasteiger partial charge is 0.134 e. The van der Waals surface area contributed by atoms with Crippen molar-refractivity contribution in [1.82, 2.24) is 0 Å². The van der Waals surface area contributed by atoms with Crippen molar-refractivity contribution in [1.29, 1.82) is 0 Å². The lowest BCUT2D eigenvalue weighted by Crippen LogP contribution is -2.38. The first-order chi connectivity index (χ1) is 8.20. The lowest BCUT2D eigenvalue weighted by atomic mass is 9.94. The van der Waals surface area contributed by atoms with E-state index in [0.717, 1.165) is 12.1 Å². The SMILES string of the molecule is CC1(C)CC(Nc2ccc(O)c(Cl)c2)C(C)(C)O1. The van der Waals surface area contributed by atoms with Gasteiger partial charge in [0, 0.05) is 5.69 Å². The Morgan fingerprint density at radius 1 is 1.33 bits per heavy atom. The number of halogens is 1. The third-order valence-corrected chi connectivity index (χ3v) is 3.67. The van der Waals surface area contributed by atoms with Gasteiger partial charge < -0.3 is 15.2 Å². The number of aromatic hydroxyl groups is 1. The topological polar surface area (TPSA) is 41.5 Å². The lowest BCUT2D eigenvalue weighted by molar-refractivity contribution is -0.0662. The summed E-state index contributed by atoms with van der Waals surface area (Å²) in [4.78, 5) is 0. The second kappa shape index (κ2) is 4.32. The summed E-state index contributed by atoms with van der Waals surface area (Å²) in [6, 6.07) is 5.37. The highest BCUT2D eigenvalue weighted by Crippen LogP contribution is 2.39. The van der Waals surface area contributed by atoms with Crippen molar-refractivity contribution in [3.63, 3.8) is 0 Å². The van der Waals surface area contributed by atoms with E-state index in [4.69, 9.17) is 16.3 Å². The molecule has 1 heterocycles. The predicted molar refractivity (Wildman–Crippen MR) is 74.4 cm³/mol. The van der Waals surface area contributed by atoms with Crippen molar-refractivity contribution in [2.45, 2.75) is 51.4 Å². The van der Waals surface area contributed by atoms with E-state index in [0.29, 0.717) is 5.02 Å². The molecular weight excluding hydrogens is 250 g/mol. The number of hydrogen-bond acceptors (Lipinski definition) is 3. The summed E-state index contributed by atoms with van der Waals surface area (Å²) in [5.74, 6) is 0.101. The molecule has 0 radical (unpaired) electrons. The number of rotatable bonds is 2. The Hall–Kier alpha value is -0.930. The van der Waals surface area contributed by atoms with Crippen molar-refractivity contribution in [2.75, 3.05) is 5.32 Å². The monoisotopic (exact) mass is 269 g/mol. The fourth-order valence-electron chi connectivity index (χ4n) is 2.58. The maximum absolute atomic E-state index is 9.41. The van der Waals surface area contributed by atoms with Crippen LogP contribution < -0.4 is 5.32 Å².